The first-order chi connectivity index (χ1) is 14.2. The third kappa shape index (κ3) is 4.96. The number of aryl methyl sites for hydroxylation is 1. The van der Waals surface area contributed by atoms with Gasteiger partial charge in [-0.25, -0.2) is 9.78 Å². The Morgan fingerprint density at radius 3 is 2.93 bits per heavy atom. The zero-order valence-corrected chi connectivity index (χ0v) is 16.5. The highest BCUT2D eigenvalue weighted by atomic mass is 16.3. The largest absolute Gasteiger partial charge is 0.447 e. The molecule has 1 aliphatic rings. The number of hydrogen-bond donors (Lipinski definition) is 2. The summed E-state index contributed by atoms with van der Waals surface area (Å²) in [6, 6.07) is 9.54. The standard InChI is InChI=1S/C21H26N6O2/c1-26-15-18(13-23-26)27-10-5-8-17(14-27)24-21(28)25-19(20-22-9-11-29-20)12-16-6-3-2-4-7-16/h2-4,6-7,9,11,13,15,17,19H,5,8,10,12,14H2,1H3,(H2,24,25,28). The van der Waals surface area contributed by atoms with E-state index in [1.165, 1.54) is 6.26 Å². The Morgan fingerprint density at radius 1 is 1.34 bits per heavy atom. The third-order valence-corrected chi connectivity index (χ3v) is 5.15. The average Bonchev–Trinajstić information content (AvgIpc) is 3.40. The van der Waals surface area contributed by atoms with Crippen LogP contribution in [0.25, 0.3) is 0 Å². The molecule has 2 unspecified atom stereocenters. The van der Waals surface area contributed by atoms with Crippen LogP contribution in [0, 0.1) is 0 Å². The minimum Gasteiger partial charge on any atom is -0.447 e. The van der Waals surface area contributed by atoms with Crippen molar-refractivity contribution in [3.63, 3.8) is 0 Å². The molecule has 2 atom stereocenters. The van der Waals surface area contributed by atoms with Gasteiger partial charge in [-0.2, -0.15) is 5.10 Å². The van der Waals surface area contributed by atoms with Crippen LogP contribution in [0.3, 0.4) is 0 Å². The molecule has 0 spiro atoms. The lowest BCUT2D eigenvalue weighted by atomic mass is 10.0. The van der Waals surface area contributed by atoms with E-state index in [-0.39, 0.29) is 18.1 Å². The molecule has 2 aromatic heterocycles. The zero-order valence-electron chi connectivity index (χ0n) is 16.5. The van der Waals surface area contributed by atoms with E-state index in [1.54, 1.807) is 10.9 Å². The van der Waals surface area contributed by atoms with Gasteiger partial charge in [0, 0.05) is 38.8 Å². The number of anilines is 1. The van der Waals surface area contributed by atoms with Gasteiger partial charge in [0.15, 0.2) is 0 Å². The molecule has 29 heavy (non-hydrogen) atoms. The SMILES string of the molecule is Cn1cc(N2CCCC(NC(=O)NC(Cc3ccccc3)c3ncco3)C2)cn1. The predicted molar refractivity (Wildman–Crippen MR) is 110 cm³/mol. The maximum absolute atomic E-state index is 12.7. The van der Waals surface area contributed by atoms with Crippen LogP contribution in [0.2, 0.25) is 0 Å². The van der Waals surface area contributed by atoms with Gasteiger partial charge < -0.3 is 20.0 Å². The second-order valence-corrected chi connectivity index (χ2v) is 7.39. The van der Waals surface area contributed by atoms with Crippen LogP contribution in [0.5, 0.6) is 0 Å². The fraction of sp³-hybridized carbons (Fsp3) is 0.381. The molecular formula is C21H26N6O2. The Morgan fingerprint density at radius 2 is 2.21 bits per heavy atom. The van der Waals surface area contributed by atoms with Crippen LogP contribution in [0.4, 0.5) is 10.5 Å². The molecular weight excluding hydrogens is 368 g/mol. The molecule has 8 heteroatoms. The minimum absolute atomic E-state index is 0.0749. The summed E-state index contributed by atoms with van der Waals surface area (Å²) in [4.78, 5) is 19.2. The number of benzene rings is 1. The van der Waals surface area contributed by atoms with Gasteiger partial charge in [0.1, 0.15) is 12.3 Å². The number of nitrogens with one attached hydrogen (secondary N) is 2. The van der Waals surface area contributed by atoms with Crippen LogP contribution >= 0.6 is 0 Å². The van der Waals surface area contributed by atoms with Gasteiger partial charge in [0.25, 0.3) is 0 Å². The lowest BCUT2D eigenvalue weighted by Crippen LogP contribution is -2.51. The summed E-state index contributed by atoms with van der Waals surface area (Å²) in [5.74, 6) is 0.504. The molecule has 0 aliphatic carbocycles. The highest BCUT2D eigenvalue weighted by Gasteiger charge is 2.25. The molecule has 0 saturated carbocycles. The van der Waals surface area contributed by atoms with Crippen molar-refractivity contribution in [2.45, 2.75) is 31.3 Å². The normalized spacial score (nSPS) is 17.7. The van der Waals surface area contributed by atoms with Crippen LogP contribution in [0.1, 0.15) is 30.3 Å². The van der Waals surface area contributed by atoms with E-state index in [2.05, 4.69) is 25.6 Å². The van der Waals surface area contributed by atoms with Crippen molar-refractivity contribution in [1.29, 1.82) is 0 Å². The van der Waals surface area contributed by atoms with E-state index in [9.17, 15) is 4.79 Å². The Balaban J connectivity index is 1.37. The topological polar surface area (TPSA) is 88.2 Å². The smallest absolute Gasteiger partial charge is 0.315 e. The highest BCUT2D eigenvalue weighted by molar-refractivity contribution is 5.74. The lowest BCUT2D eigenvalue weighted by molar-refractivity contribution is 0.228. The zero-order chi connectivity index (χ0) is 20.1. The van der Waals surface area contributed by atoms with Gasteiger partial charge in [-0.05, 0) is 18.4 Å². The molecule has 8 nitrogen and oxygen atoms in total. The number of carbonyl (C=O) groups excluding carboxylic acids is 1. The molecule has 3 heterocycles. The van der Waals surface area contributed by atoms with Crippen LogP contribution in [-0.4, -0.2) is 39.9 Å². The monoisotopic (exact) mass is 394 g/mol. The number of carbonyl (C=O) groups is 1. The number of aromatic nitrogens is 3. The molecule has 0 radical (unpaired) electrons. The second-order valence-electron chi connectivity index (χ2n) is 7.39. The lowest BCUT2D eigenvalue weighted by Gasteiger charge is -2.34. The third-order valence-electron chi connectivity index (χ3n) is 5.15. The van der Waals surface area contributed by atoms with Crippen LogP contribution < -0.4 is 15.5 Å². The number of rotatable bonds is 6. The first-order valence-corrected chi connectivity index (χ1v) is 9.91. The minimum atomic E-state index is -0.328. The molecule has 2 N–H and O–H groups in total. The molecule has 152 valence electrons. The van der Waals surface area contributed by atoms with Crippen LogP contribution in [-0.2, 0) is 13.5 Å². The van der Waals surface area contributed by atoms with Crippen molar-refractivity contribution in [3.05, 3.63) is 66.6 Å². The van der Waals surface area contributed by atoms with Gasteiger partial charge in [-0.15, -0.1) is 0 Å². The maximum atomic E-state index is 12.7. The number of urea groups is 1. The molecule has 3 aromatic rings. The van der Waals surface area contributed by atoms with E-state index in [0.29, 0.717) is 12.3 Å². The molecule has 1 saturated heterocycles. The summed E-state index contributed by atoms with van der Waals surface area (Å²) in [7, 11) is 1.91. The van der Waals surface area contributed by atoms with E-state index in [4.69, 9.17) is 4.42 Å². The van der Waals surface area contributed by atoms with E-state index in [1.807, 2.05) is 49.8 Å². The fourth-order valence-electron chi connectivity index (χ4n) is 3.74. The number of amides is 2. The van der Waals surface area contributed by atoms with Crippen molar-refractivity contribution in [3.8, 4) is 0 Å². The Hall–Kier alpha value is -3.29. The summed E-state index contributed by atoms with van der Waals surface area (Å²) in [6.45, 7) is 1.74. The fourth-order valence-corrected chi connectivity index (χ4v) is 3.74. The van der Waals surface area contributed by atoms with Crippen molar-refractivity contribution < 1.29 is 9.21 Å². The van der Waals surface area contributed by atoms with E-state index in [0.717, 1.165) is 37.2 Å². The van der Waals surface area contributed by atoms with E-state index < -0.39 is 0 Å². The van der Waals surface area contributed by atoms with Crippen LogP contribution in [0.15, 0.2) is 59.6 Å². The Labute approximate surface area is 169 Å². The first-order valence-electron chi connectivity index (χ1n) is 9.91. The van der Waals surface area contributed by atoms with Crippen molar-refractivity contribution in [2.75, 3.05) is 18.0 Å². The number of piperidine rings is 1. The number of nitrogens with zero attached hydrogens (tertiary/aromatic N) is 4. The van der Waals surface area contributed by atoms with Crippen molar-refractivity contribution in [2.24, 2.45) is 7.05 Å². The number of hydrogen-bond acceptors (Lipinski definition) is 5. The summed E-state index contributed by atoms with van der Waals surface area (Å²) in [6.07, 6.45) is 9.57. The number of oxazole rings is 1. The van der Waals surface area contributed by atoms with Gasteiger partial charge in [0.2, 0.25) is 5.89 Å². The molecule has 1 aliphatic heterocycles. The van der Waals surface area contributed by atoms with E-state index >= 15 is 0 Å². The first kappa shape index (κ1) is 19.0. The highest BCUT2D eigenvalue weighted by Crippen LogP contribution is 2.20. The molecule has 2 amide bonds. The van der Waals surface area contributed by atoms with Gasteiger partial charge >= 0.3 is 6.03 Å². The summed E-state index contributed by atoms with van der Waals surface area (Å²) in [5.41, 5.74) is 2.19. The molecule has 1 fully saturated rings. The van der Waals surface area contributed by atoms with Crippen molar-refractivity contribution >= 4 is 11.7 Å². The Kier molecular flexibility index (Phi) is 5.79. The average molecular weight is 394 g/mol. The van der Waals surface area contributed by atoms with Gasteiger partial charge in [-0.1, -0.05) is 30.3 Å². The molecule has 4 rings (SSSR count). The summed E-state index contributed by atoms with van der Waals surface area (Å²) < 4.78 is 7.26. The Bertz CT molecular complexity index is 908. The molecule has 0 bridgehead atoms. The van der Waals surface area contributed by atoms with Gasteiger partial charge in [0.05, 0.1) is 18.1 Å². The second kappa shape index (κ2) is 8.81. The van der Waals surface area contributed by atoms with Gasteiger partial charge in [-0.3, -0.25) is 4.68 Å². The van der Waals surface area contributed by atoms with Crippen molar-refractivity contribution in [1.82, 2.24) is 25.4 Å². The maximum Gasteiger partial charge on any atom is 0.315 e. The summed E-state index contributed by atoms with van der Waals surface area (Å²) in [5, 5.41) is 10.4. The summed E-state index contributed by atoms with van der Waals surface area (Å²) >= 11 is 0. The predicted octanol–water partition coefficient (Wildman–Crippen LogP) is 2.66. The quantitative estimate of drug-likeness (QED) is 0.671. The molecule has 1 aromatic carbocycles.